The molecule has 6 heteroatoms. The Kier molecular flexibility index (Phi) is 7.09. The molecule has 1 unspecified atom stereocenters. The third kappa shape index (κ3) is 5.46. The van der Waals surface area contributed by atoms with Gasteiger partial charge in [0.1, 0.15) is 6.26 Å². The molecule has 1 saturated heterocycles. The van der Waals surface area contributed by atoms with Crippen LogP contribution in [-0.2, 0) is 17.8 Å². The van der Waals surface area contributed by atoms with Gasteiger partial charge < -0.3 is 14.1 Å². The number of rotatable bonds is 7. The first-order valence-corrected chi connectivity index (χ1v) is 10.5. The number of amides is 1. The minimum atomic E-state index is -0.0821. The smallest absolute Gasteiger partial charge is 0.275 e. The van der Waals surface area contributed by atoms with Crippen LogP contribution in [0.1, 0.15) is 53.8 Å². The third-order valence-corrected chi connectivity index (χ3v) is 5.83. The van der Waals surface area contributed by atoms with E-state index in [0.29, 0.717) is 56.4 Å². The average molecular weight is 400 g/mol. The van der Waals surface area contributed by atoms with E-state index in [1.165, 1.54) is 23.0 Å². The summed E-state index contributed by atoms with van der Waals surface area (Å²) in [6.45, 7) is 14.7. The Labute approximate surface area is 173 Å². The van der Waals surface area contributed by atoms with Crippen molar-refractivity contribution >= 4 is 5.91 Å². The van der Waals surface area contributed by atoms with Gasteiger partial charge in [0.05, 0.1) is 19.8 Å². The number of oxazole rings is 1. The number of ether oxygens (including phenoxy) is 1. The maximum absolute atomic E-state index is 12.6. The third-order valence-electron chi connectivity index (χ3n) is 5.83. The number of carbonyl (C=O) groups excluding carboxylic acids is 1. The van der Waals surface area contributed by atoms with Crippen molar-refractivity contribution in [1.29, 1.82) is 0 Å². The van der Waals surface area contributed by atoms with Crippen molar-refractivity contribution in [3.8, 4) is 0 Å². The van der Waals surface area contributed by atoms with Crippen LogP contribution in [0.3, 0.4) is 0 Å². The molecule has 1 aromatic heterocycles. The molecule has 0 radical (unpaired) electrons. The number of carbonyl (C=O) groups is 1. The fourth-order valence-corrected chi connectivity index (χ4v) is 3.54. The molecular weight excluding hydrogens is 366 g/mol. The van der Waals surface area contributed by atoms with Crippen molar-refractivity contribution in [2.75, 3.05) is 26.3 Å². The van der Waals surface area contributed by atoms with Crippen molar-refractivity contribution in [2.45, 2.75) is 53.8 Å². The van der Waals surface area contributed by atoms with Crippen molar-refractivity contribution in [1.82, 2.24) is 14.8 Å². The second-order valence-corrected chi connectivity index (χ2v) is 8.35. The molecule has 0 aliphatic carbocycles. The van der Waals surface area contributed by atoms with Gasteiger partial charge in [0, 0.05) is 25.7 Å². The highest BCUT2D eigenvalue weighted by Gasteiger charge is 2.24. The van der Waals surface area contributed by atoms with Gasteiger partial charge in [0.2, 0.25) is 5.89 Å². The fourth-order valence-electron chi connectivity index (χ4n) is 3.54. The Bertz CT molecular complexity index is 825. The zero-order chi connectivity index (χ0) is 21.0. The molecule has 2 aromatic rings. The summed E-state index contributed by atoms with van der Waals surface area (Å²) in [4.78, 5) is 21.3. The Morgan fingerprint density at radius 2 is 1.90 bits per heavy atom. The molecular formula is C23H33N3O3. The minimum Gasteiger partial charge on any atom is -0.447 e. The number of nitrogens with zero attached hydrogens (tertiary/aromatic N) is 3. The van der Waals surface area contributed by atoms with E-state index in [0.717, 1.165) is 6.54 Å². The van der Waals surface area contributed by atoms with Crippen LogP contribution in [-0.4, -0.2) is 53.0 Å². The molecule has 0 saturated carbocycles. The summed E-state index contributed by atoms with van der Waals surface area (Å²) in [7, 11) is 0. The first kappa shape index (κ1) is 21.5. The molecule has 3 rings (SSSR count). The van der Waals surface area contributed by atoms with Crippen LogP contribution in [0.15, 0.2) is 28.9 Å². The number of benzene rings is 1. The summed E-state index contributed by atoms with van der Waals surface area (Å²) in [6.07, 6.45) is 1.49. The van der Waals surface area contributed by atoms with E-state index in [4.69, 9.17) is 9.15 Å². The largest absolute Gasteiger partial charge is 0.447 e. The van der Waals surface area contributed by atoms with E-state index >= 15 is 0 Å². The minimum absolute atomic E-state index is 0.0821. The highest BCUT2D eigenvalue weighted by molar-refractivity contribution is 5.92. The zero-order valence-corrected chi connectivity index (χ0v) is 18.3. The Morgan fingerprint density at radius 3 is 2.59 bits per heavy atom. The van der Waals surface area contributed by atoms with Gasteiger partial charge in [0.15, 0.2) is 5.69 Å². The lowest BCUT2D eigenvalue weighted by Gasteiger charge is -2.31. The monoisotopic (exact) mass is 399 g/mol. The fraction of sp³-hybridized carbons (Fsp3) is 0.565. The second kappa shape index (κ2) is 9.55. The first-order valence-electron chi connectivity index (χ1n) is 10.5. The molecule has 1 fully saturated rings. The van der Waals surface area contributed by atoms with Gasteiger partial charge in [-0.05, 0) is 37.8 Å². The maximum Gasteiger partial charge on any atom is 0.275 e. The first-order chi connectivity index (χ1) is 13.8. The van der Waals surface area contributed by atoms with E-state index in [1.807, 2.05) is 0 Å². The SMILES string of the molecule is Cc1ccc(C)c(CN(Cc2nc(C(=O)N3CCOCC3)co2)C(C)C(C)C)c1. The summed E-state index contributed by atoms with van der Waals surface area (Å²) in [5.41, 5.74) is 4.24. The van der Waals surface area contributed by atoms with Crippen molar-refractivity contribution in [2.24, 2.45) is 5.92 Å². The van der Waals surface area contributed by atoms with E-state index in [9.17, 15) is 4.79 Å². The lowest BCUT2D eigenvalue weighted by atomic mass is 10.0. The van der Waals surface area contributed by atoms with Crippen LogP contribution in [0.4, 0.5) is 0 Å². The molecule has 29 heavy (non-hydrogen) atoms. The molecule has 1 atom stereocenters. The quantitative estimate of drug-likeness (QED) is 0.709. The van der Waals surface area contributed by atoms with Gasteiger partial charge in [-0.1, -0.05) is 37.6 Å². The average Bonchev–Trinajstić information content (AvgIpc) is 3.18. The van der Waals surface area contributed by atoms with E-state index < -0.39 is 0 Å². The highest BCUT2D eigenvalue weighted by atomic mass is 16.5. The highest BCUT2D eigenvalue weighted by Crippen LogP contribution is 2.21. The lowest BCUT2D eigenvalue weighted by Crippen LogP contribution is -2.40. The van der Waals surface area contributed by atoms with Crippen molar-refractivity contribution in [3.63, 3.8) is 0 Å². The van der Waals surface area contributed by atoms with Crippen molar-refractivity contribution in [3.05, 3.63) is 52.7 Å². The van der Waals surface area contributed by atoms with Gasteiger partial charge in [-0.25, -0.2) is 4.98 Å². The molecule has 1 aliphatic heterocycles. The second-order valence-electron chi connectivity index (χ2n) is 8.35. The Morgan fingerprint density at radius 1 is 1.17 bits per heavy atom. The molecule has 2 heterocycles. The van der Waals surface area contributed by atoms with Gasteiger partial charge in [-0.2, -0.15) is 0 Å². The lowest BCUT2D eigenvalue weighted by molar-refractivity contribution is 0.0299. The van der Waals surface area contributed by atoms with Gasteiger partial charge >= 0.3 is 0 Å². The molecule has 0 spiro atoms. The van der Waals surface area contributed by atoms with E-state index in [1.54, 1.807) is 4.90 Å². The molecule has 6 nitrogen and oxygen atoms in total. The van der Waals surface area contributed by atoms with E-state index in [-0.39, 0.29) is 5.91 Å². The normalized spacial score (nSPS) is 15.9. The van der Waals surface area contributed by atoms with Gasteiger partial charge in [0.25, 0.3) is 5.91 Å². The Balaban J connectivity index is 1.75. The standard InChI is InChI=1S/C23H33N3O3/c1-16(2)19(5)26(13-20-12-17(3)6-7-18(20)4)14-22-24-21(15-29-22)23(27)25-8-10-28-11-9-25/h6-7,12,15-16,19H,8-11,13-14H2,1-5H3. The van der Waals surface area contributed by atoms with E-state index in [2.05, 4.69) is 62.7 Å². The zero-order valence-electron chi connectivity index (χ0n) is 18.3. The summed E-state index contributed by atoms with van der Waals surface area (Å²) in [5, 5.41) is 0. The number of aromatic nitrogens is 1. The Hall–Kier alpha value is -2.18. The molecule has 0 N–H and O–H groups in total. The number of aryl methyl sites for hydroxylation is 2. The number of morpholine rings is 1. The summed E-state index contributed by atoms with van der Waals surface area (Å²) < 4.78 is 11.0. The molecule has 1 aromatic carbocycles. The maximum atomic E-state index is 12.6. The van der Waals surface area contributed by atoms with Gasteiger partial charge in [-0.3, -0.25) is 9.69 Å². The van der Waals surface area contributed by atoms with Crippen LogP contribution in [0.25, 0.3) is 0 Å². The summed E-state index contributed by atoms with van der Waals surface area (Å²) >= 11 is 0. The van der Waals surface area contributed by atoms with Crippen molar-refractivity contribution < 1.29 is 13.9 Å². The topological polar surface area (TPSA) is 58.8 Å². The van der Waals surface area contributed by atoms with Gasteiger partial charge in [-0.15, -0.1) is 0 Å². The van der Waals surface area contributed by atoms with Crippen LogP contribution in [0.5, 0.6) is 0 Å². The molecule has 1 aliphatic rings. The van der Waals surface area contributed by atoms with Crippen LogP contribution in [0.2, 0.25) is 0 Å². The van der Waals surface area contributed by atoms with Crippen LogP contribution >= 0.6 is 0 Å². The molecule has 158 valence electrons. The number of hydrogen-bond acceptors (Lipinski definition) is 5. The number of hydrogen-bond donors (Lipinski definition) is 0. The predicted octanol–water partition coefficient (Wildman–Crippen LogP) is 3.81. The molecule has 0 bridgehead atoms. The predicted molar refractivity (Wildman–Crippen MR) is 113 cm³/mol. The molecule has 1 amide bonds. The van der Waals surface area contributed by atoms with Crippen LogP contribution < -0.4 is 0 Å². The summed E-state index contributed by atoms with van der Waals surface area (Å²) in [6, 6.07) is 6.91. The summed E-state index contributed by atoms with van der Waals surface area (Å²) in [5.74, 6) is 0.991. The van der Waals surface area contributed by atoms with Crippen LogP contribution in [0, 0.1) is 19.8 Å².